The van der Waals surface area contributed by atoms with Gasteiger partial charge in [0.1, 0.15) is 0 Å². The van der Waals surface area contributed by atoms with Crippen molar-refractivity contribution in [1.82, 2.24) is 4.98 Å². The Morgan fingerprint density at radius 2 is 2.17 bits per heavy atom. The van der Waals surface area contributed by atoms with Crippen molar-refractivity contribution in [2.45, 2.75) is 20.0 Å². The van der Waals surface area contributed by atoms with Crippen LogP contribution >= 0.6 is 31.9 Å². The lowest BCUT2D eigenvalue weighted by Gasteiger charge is -2.07. The van der Waals surface area contributed by atoms with Gasteiger partial charge in [0.05, 0.1) is 12.3 Å². The lowest BCUT2D eigenvalue weighted by Crippen LogP contribution is -1.96. The third-order valence-corrected chi connectivity index (χ3v) is 3.26. The number of aliphatic hydroxyl groups is 1. The zero-order chi connectivity index (χ0) is 9.14. The summed E-state index contributed by atoms with van der Waals surface area (Å²) in [5.41, 5.74) is 1.84. The predicted octanol–water partition coefficient (Wildman–Crippen LogP) is 2.66. The van der Waals surface area contributed by atoms with Gasteiger partial charge in [-0.3, -0.25) is 4.98 Å². The van der Waals surface area contributed by atoms with Gasteiger partial charge in [0.2, 0.25) is 0 Å². The molecule has 4 heteroatoms. The number of pyridine rings is 1. The summed E-state index contributed by atoms with van der Waals surface area (Å²) >= 11 is 6.80. The molecular weight excluding hydrogens is 286 g/mol. The van der Waals surface area contributed by atoms with Gasteiger partial charge in [0.15, 0.2) is 0 Å². The van der Waals surface area contributed by atoms with E-state index in [1.54, 1.807) is 6.20 Å². The second-order valence-corrected chi connectivity index (χ2v) is 4.00. The molecule has 0 atom stereocenters. The molecule has 1 heterocycles. The number of aromatic nitrogens is 1. The summed E-state index contributed by atoms with van der Waals surface area (Å²) in [6.07, 6.45) is 2.63. The lowest BCUT2D eigenvalue weighted by atomic mass is 10.2. The molecule has 0 bridgehead atoms. The second kappa shape index (κ2) is 4.35. The standard InChI is InChI=1S/C8H9Br2NO/c1-2-5-6(9)3-11-7(4-12)8(5)10/h3,12H,2,4H2,1H3. The van der Waals surface area contributed by atoms with Gasteiger partial charge in [0.25, 0.3) is 0 Å². The summed E-state index contributed by atoms with van der Waals surface area (Å²) in [7, 11) is 0. The van der Waals surface area contributed by atoms with Crippen molar-refractivity contribution < 1.29 is 5.11 Å². The Morgan fingerprint density at radius 1 is 1.50 bits per heavy atom. The number of hydrogen-bond acceptors (Lipinski definition) is 2. The zero-order valence-corrected chi connectivity index (χ0v) is 9.81. The topological polar surface area (TPSA) is 33.1 Å². The molecule has 1 N–H and O–H groups in total. The quantitative estimate of drug-likeness (QED) is 0.910. The second-order valence-electron chi connectivity index (χ2n) is 2.36. The lowest BCUT2D eigenvalue weighted by molar-refractivity contribution is 0.276. The Morgan fingerprint density at radius 3 is 2.67 bits per heavy atom. The van der Waals surface area contributed by atoms with Gasteiger partial charge < -0.3 is 5.11 Å². The average Bonchev–Trinajstić information content (AvgIpc) is 2.06. The number of hydrogen-bond donors (Lipinski definition) is 1. The van der Waals surface area contributed by atoms with Gasteiger partial charge in [-0.2, -0.15) is 0 Å². The number of nitrogens with zero attached hydrogens (tertiary/aromatic N) is 1. The summed E-state index contributed by atoms with van der Waals surface area (Å²) in [5, 5.41) is 8.92. The molecule has 1 aromatic rings. The molecule has 2 nitrogen and oxygen atoms in total. The first-order valence-corrected chi connectivity index (χ1v) is 5.21. The third kappa shape index (κ3) is 1.87. The monoisotopic (exact) mass is 293 g/mol. The van der Waals surface area contributed by atoms with Gasteiger partial charge in [-0.05, 0) is 43.8 Å². The maximum atomic E-state index is 8.92. The maximum Gasteiger partial charge on any atom is 0.0864 e. The van der Waals surface area contributed by atoms with E-state index in [1.807, 2.05) is 0 Å². The normalized spacial score (nSPS) is 10.3. The van der Waals surface area contributed by atoms with Crippen LogP contribution in [0.1, 0.15) is 18.2 Å². The minimum absolute atomic E-state index is 0.0269. The predicted molar refractivity (Wildman–Crippen MR) is 54.9 cm³/mol. The Balaban J connectivity index is 3.24. The van der Waals surface area contributed by atoms with E-state index in [4.69, 9.17) is 5.11 Å². The van der Waals surface area contributed by atoms with Crippen molar-refractivity contribution in [2.75, 3.05) is 0 Å². The highest BCUT2D eigenvalue weighted by Gasteiger charge is 2.08. The SMILES string of the molecule is CCc1c(Br)cnc(CO)c1Br. The van der Waals surface area contributed by atoms with Crippen LogP contribution in [0.2, 0.25) is 0 Å². The van der Waals surface area contributed by atoms with Crippen molar-refractivity contribution in [1.29, 1.82) is 0 Å². The molecule has 0 unspecified atom stereocenters. The highest BCUT2D eigenvalue weighted by Crippen LogP contribution is 2.27. The van der Waals surface area contributed by atoms with Crippen LogP contribution < -0.4 is 0 Å². The smallest absolute Gasteiger partial charge is 0.0864 e. The van der Waals surface area contributed by atoms with Crippen molar-refractivity contribution in [3.8, 4) is 0 Å². The van der Waals surface area contributed by atoms with Gasteiger partial charge in [-0.25, -0.2) is 0 Å². The Kier molecular flexibility index (Phi) is 3.68. The fourth-order valence-electron chi connectivity index (χ4n) is 0.983. The fraction of sp³-hybridized carbons (Fsp3) is 0.375. The average molecular weight is 295 g/mol. The van der Waals surface area contributed by atoms with Gasteiger partial charge in [-0.15, -0.1) is 0 Å². The molecule has 0 aromatic carbocycles. The summed E-state index contributed by atoms with van der Waals surface area (Å²) in [5.74, 6) is 0. The summed E-state index contributed by atoms with van der Waals surface area (Å²) in [6.45, 7) is 2.03. The molecule has 1 aromatic heterocycles. The summed E-state index contributed by atoms with van der Waals surface area (Å²) in [6, 6.07) is 0. The van der Waals surface area contributed by atoms with Crippen LogP contribution in [0.15, 0.2) is 15.1 Å². The Hall–Kier alpha value is 0.0700. The third-order valence-electron chi connectivity index (χ3n) is 1.64. The van der Waals surface area contributed by atoms with Crippen LogP contribution in [-0.4, -0.2) is 10.1 Å². The van der Waals surface area contributed by atoms with Crippen molar-refractivity contribution in [2.24, 2.45) is 0 Å². The van der Waals surface area contributed by atoms with E-state index < -0.39 is 0 Å². The van der Waals surface area contributed by atoms with Crippen LogP contribution in [0.25, 0.3) is 0 Å². The number of halogens is 2. The Bertz CT molecular complexity index is 289. The van der Waals surface area contributed by atoms with Crippen LogP contribution in [0.4, 0.5) is 0 Å². The molecule has 0 fully saturated rings. The highest BCUT2D eigenvalue weighted by molar-refractivity contribution is 9.11. The van der Waals surface area contributed by atoms with E-state index in [0.29, 0.717) is 5.69 Å². The van der Waals surface area contributed by atoms with Gasteiger partial charge >= 0.3 is 0 Å². The van der Waals surface area contributed by atoms with Gasteiger partial charge in [-0.1, -0.05) is 6.92 Å². The summed E-state index contributed by atoms with van der Waals surface area (Å²) in [4.78, 5) is 4.06. The minimum Gasteiger partial charge on any atom is -0.390 e. The Labute approximate surface area is 88.3 Å². The zero-order valence-electron chi connectivity index (χ0n) is 6.64. The highest BCUT2D eigenvalue weighted by atomic mass is 79.9. The molecule has 0 saturated carbocycles. The molecule has 66 valence electrons. The van der Waals surface area contributed by atoms with Crippen LogP contribution in [0, 0.1) is 0 Å². The van der Waals surface area contributed by atoms with E-state index in [1.165, 1.54) is 0 Å². The molecule has 0 aliphatic carbocycles. The molecule has 0 aliphatic rings. The molecule has 0 spiro atoms. The van der Waals surface area contributed by atoms with E-state index in [2.05, 4.69) is 43.8 Å². The molecule has 0 amide bonds. The van der Waals surface area contributed by atoms with Crippen molar-refractivity contribution in [3.05, 3.63) is 26.4 Å². The molecule has 12 heavy (non-hydrogen) atoms. The largest absolute Gasteiger partial charge is 0.390 e. The molecule has 0 aliphatic heterocycles. The summed E-state index contributed by atoms with van der Waals surface area (Å²) < 4.78 is 1.89. The van der Waals surface area contributed by atoms with Gasteiger partial charge in [0, 0.05) is 15.1 Å². The maximum absolute atomic E-state index is 8.92. The van der Waals surface area contributed by atoms with Crippen LogP contribution in [-0.2, 0) is 13.0 Å². The van der Waals surface area contributed by atoms with Crippen LogP contribution in [0.5, 0.6) is 0 Å². The molecule has 0 saturated heterocycles. The van der Waals surface area contributed by atoms with E-state index >= 15 is 0 Å². The fourth-order valence-corrected chi connectivity index (χ4v) is 2.55. The van der Waals surface area contributed by atoms with Crippen molar-refractivity contribution >= 4 is 31.9 Å². The molecule has 1 rings (SSSR count). The first kappa shape index (κ1) is 10.2. The minimum atomic E-state index is -0.0269. The molecular formula is C8H9Br2NO. The van der Waals surface area contributed by atoms with E-state index in [-0.39, 0.29) is 6.61 Å². The van der Waals surface area contributed by atoms with E-state index in [0.717, 1.165) is 20.9 Å². The number of aliphatic hydroxyl groups excluding tert-OH is 1. The van der Waals surface area contributed by atoms with Crippen LogP contribution in [0.3, 0.4) is 0 Å². The first-order valence-electron chi connectivity index (χ1n) is 3.63. The molecule has 0 radical (unpaired) electrons. The number of rotatable bonds is 2. The van der Waals surface area contributed by atoms with E-state index in [9.17, 15) is 0 Å². The van der Waals surface area contributed by atoms with Crippen molar-refractivity contribution in [3.63, 3.8) is 0 Å². The first-order chi connectivity index (χ1) is 5.70.